The lowest BCUT2D eigenvalue weighted by Gasteiger charge is -2.26. The minimum absolute atomic E-state index is 0.0478. The van der Waals surface area contributed by atoms with E-state index >= 15 is 0 Å². The van der Waals surface area contributed by atoms with Crippen LogP contribution in [0.5, 0.6) is 0 Å². The average Bonchev–Trinajstić information content (AvgIpc) is 2.36. The molecule has 0 spiro atoms. The van der Waals surface area contributed by atoms with Crippen molar-refractivity contribution in [1.29, 1.82) is 0 Å². The standard InChI is InChI=1S/C11H14BBrN2O3S/c1-9-3-4-11-10(7-9)8-14-15(12(11)16)19(17,18)6-2-5-13/h3-4,7-8,16H,2,5-6H2,1H3. The zero-order valence-corrected chi connectivity index (χ0v) is 12.9. The molecule has 8 heteroatoms. The summed E-state index contributed by atoms with van der Waals surface area (Å²) in [5.41, 5.74) is 2.34. The lowest BCUT2D eigenvalue weighted by molar-refractivity contribution is 0.475. The SMILES string of the molecule is Cc1ccc2c(c1)C=NN(S(=O)(=O)CCCBr)B2O. The Kier molecular flexibility index (Phi) is 4.32. The third-order valence-corrected chi connectivity index (χ3v) is 5.09. The second kappa shape index (κ2) is 5.64. The van der Waals surface area contributed by atoms with Crippen molar-refractivity contribution in [2.75, 3.05) is 11.1 Å². The van der Waals surface area contributed by atoms with E-state index in [0.717, 1.165) is 15.5 Å². The number of aryl methyl sites for hydroxylation is 1. The van der Waals surface area contributed by atoms with Crippen LogP contribution in [0.15, 0.2) is 23.3 Å². The maximum absolute atomic E-state index is 12.1. The van der Waals surface area contributed by atoms with E-state index in [-0.39, 0.29) is 5.75 Å². The summed E-state index contributed by atoms with van der Waals surface area (Å²) in [6.45, 7) is 1.93. The number of sulfonamides is 1. The van der Waals surface area contributed by atoms with E-state index in [2.05, 4.69) is 21.0 Å². The number of hydrazone groups is 1. The first-order valence-corrected chi connectivity index (χ1v) is 8.59. The summed E-state index contributed by atoms with van der Waals surface area (Å²) >= 11 is 3.19. The molecule has 0 bridgehead atoms. The molecule has 0 aliphatic carbocycles. The first-order valence-electron chi connectivity index (χ1n) is 5.86. The van der Waals surface area contributed by atoms with Crippen molar-refractivity contribution in [2.24, 2.45) is 5.10 Å². The zero-order chi connectivity index (χ0) is 14.0. The summed E-state index contributed by atoms with van der Waals surface area (Å²) in [5.74, 6) is -0.0478. The van der Waals surface area contributed by atoms with Crippen LogP contribution in [0.1, 0.15) is 17.5 Å². The maximum Gasteiger partial charge on any atom is 0.484 e. The van der Waals surface area contributed by atoms with Gasteiger partial charge in [-0.1, -0.05) is 39.7 Å². The van der Waals surface area contributed by atoms with E-state index < -0.39 is 17.1 Å². The minimum Gasteiger partial charge on any atom is -0.427 e. The van der Waals surface area contributed by atoms with Gasteiger partial charge in [0.1, 0.15) is 0 Å². The molecule has 0 aromatic heterocycles. The summed E-state index contributed by atoms with van der Waals surface area (Å²) in [7, 11) is -4.84. The monoisotopic (exact) mass is 344 g/mol. The van der Waals surface area contributed by atoms with Crippen molar-refractivity contribution < 1.29 is 13.4 Å². The van der Waals surface area contributed by atoms with Crippen LogP contribution >= 0.6 is 15.9 Å². The smallest absolute Gasteiger partial charge is 0.427 e. The summed E-state index contributed by atoms with van der Waals surface area (Å²) < 4.78 is 24.9. The molecule has 1 aromatic rings. The van der Waals surface area contributed by atoms with Gasteiger partial charge in [-0.3, -0.25) is 0 Å². The molecule has 1 aromatic carbocycles. The van der Waals surface area contributed by atoms with Gasteiger partial charge < -0.3 is 5.02 Å². The van der Waals surface area contributed by atoms with Gasteiger partial charge in [-0.2, -0.15) is 5.10 Å². The summed E-state index contributed by atoms with van der Waals surface area (Å²) in [6.07, 6.45) is 1.95. The van der Waals surface area contributed by atoms with E-state index in [1.165, 1.54) is 6.21 Å². The van der Waals surface area contributed by atoms with Gasteiger partial charge >= 0.3 is 7.05 Å². The van der Waals surface area contributed by atoms with Gasteiger partial charge in [0.05, 0.1) is 12.0 Å². The predicted molar refractivity (Wildman–Crippen MR) is 80.4 cm³/mol. The Morgan fingerprint density at radius 3 is 2.89 bits per heavy atom. The third kappa shape index (κ3) is 3.01. The summed E-state index contributed by atoms with van der Waals surface area (Å²) in [4.78, 5) is 0. The number of halogens is 1. The first kappa shape index (κ1) is 14.6. The highest BCUT2D eigenvalue weighted by atomic mass is 79.9. The molecule has 2 rings (SSSR count). The molecule has 0 atom stereocenters. The molecule has 0 radical (unpaired) electrons. The Morgan fingerprint density at radius 1 is 1.47 bits per heavy atom. The van der Waals surface area contributed by atoms with Crippen LogP contribution in [0, 0.1) is 6.92 Å². The highest BCUT2D eigenvalue weighted by Gasteiger charge is 2.36. The van der Waals surface area contributed by atoms with Crippen molar-refractivity contribution in [1.82, 2.24) is 4.33 Å². The first-order chi connectivity index (χ1) is 8.95. The van der Waals surface area contributed by atoms with E-state index in [0.29, 0.717) is 17.2 Å². The molecule has 5 nitrogen and oxygen atoms in total. The fourth-order valence-electron chi connectivity index (χ4n) is 1.90. The lowest BCUT2D eigenvalue weighted by Crippen LogP contribution is -2.52. The molecule has 0 saturated carbocycles. The van der Waals surface area contributed by atoms with Crippen LogP contribution in [-0.2, 0) is 10.0 Å². The van der Waals surface area contributed by atoms with Crippen LogP contribution in [0.25, 0.3) is 0 Å². The summed E-state index contributed by atoms with van der Waals surface area (Å²) in [6, 6.07) is 5.43. The molecule has 0 fully saturated rings. The van der Waals surface area contributed by atoms with Gasteiger partial charge in [0.25, 0.3) is 0 Å². The van der Waals surface area contributed by atoms with E-state index in [9.17, 15) is 13.4 Å². The molecular weight excluding hydrogens is 331 g/mol. The Hall–Kier alpha value is -0.855. The van der Waals surface area contributed by atoms with Crippen LogP contribution in [0.4, 0.5) is 0 Å². The highest BCUT2D eigenvalue weighted by molar-refractivity contribution is 9.09. The Morgan fingerprint density at radius 2 is 2.21 bits per heavy atom. The lowest BCUT2D eigenvalue weighted by atomic mass is 9.71. The second-order valence-electron chi connectivity index (χ2n) is 4.38. The molecule has 1 heterocycles. The van der Waals surface area contributed by atoms with Crippen LogP contribution < -0.4 is 5.46 Å². The van der Waals surface area contributed by atoms with Gasteiger partial charge in [0.2, 0.25) is 10.0 Å². The van der Waals surface area contributed by atoms with E-state index in [4.69, 9.17) is 0 Å². The fourth-order valence-corrected chi connectivity index (χ4v) is 3.85. The number of nitrogens with zero attached hydrogens (tertiary/aromatic N) is 2. The van der Waals surface area contributed by atoms with Crippen molar-refractivity contribution in [3.63, 3.8) is 0 Å². The highest BCUT2D eigenvalue weighted by Crippen LogP contribution is 2.13. The normalized spacial score (nSPS) is 14.7. The largest absolute Gasteiger partial charge is 0.484 e. The Bertz CT molecular complexity index is 606. The molecule has 0 unspecified atom stereocenters. The van der Waals surface area contributed by atoms with Gasteiger partial charge in [0, 0.05) is 5.33 Å². The molecule has 1 aliphatic heterocycles. The van der Waals surface area contributed by atoms with Gasteiger partial charge in [-0.15, -0.1) is 0 Å². The molecular formula is C11H14BBrN2O3S. The van der Waals surface area contributed by atoms with Crippen LogP contribution in [0.3, 0.4) is 0 Å². The van der Waals surface area contributed by atoms with Gasteiger partial charge in [-0.05, 0) is 24.4 Å². The van der Waals surface area contributed by atoms with Crippen molar-refractivity contribution in [3.05, 3.63) is 29.3 Å². The molecule has 1 aliphatic rings. The quantitative estimate of drug-likeness (QED) is 0.636. The Labute approximate surface area is 121 Å². The zero-order valence-electron chi connectivity index (χ0n) is 10.5. The third-order valence-electron chi connectivity index (χ3n) is 2.86. The number of alkyl halides is 1. The van der Waals surface area contributed by atoms with Crippen molar-refractivity contribution >= 4 is 44.7 Å². The van der Waals surface area contributed by atoms with Gasteiger partial charge in [-0.25, -0.2) is 12.7 Å². The van der Waals surface area contributed by atoms with Crippen molar-refractivity contribution in [2.45, 2.75) is 13.3 Å². The fraction of sp³-hybridized carbons (Fsp3) is 0.364. The molecule has 0 saturated heterocycles. The number of fused-ring (bicyclic) bond motifs is 1. The number of hydrogen-bond donors (Lipinski definition) is 1. The minimum atomic E-state index is -3.59. The van der Waals surface area contributed by atoms with Gasteiger partial charge in [0.15, 0.2) is 0 Å². The van der Waals surface area contributed by atoms with Crippen LogP contribution in [0.2, 0.25) is 0 Å². The number of hydrogen-bond acceptors (Lipinski definition) is 4. The Balaban J connectivity index is 2.32. The molecule has 19 heavy (non-hydrogen) atoms. The van der Waals surface area contributed by atoms with Crippen LogP contribution in [-0.4, -0.2) is 42.1 Å². The summed E-state index contributed by atoms with van der Waals surface area (Å²) in [5, 5.41) is 14.6. The van der Waals surface area contributed by atoms with E-state index in [1.54, 1.807) is 6.07 Å². The number of benzene rings is 1. The predicted octanol–water partition coefficient (Wildman–Crippen LogP) is 0.447. The maximum atomic E-state index is 12.1. The molecule has 0 amide bonds. The van der Waals surface area contributed by atoms with E-state index in [1.807, 2.05) is 19.1 Å². The van der Waals surface area contributed by atoms with Crippen molar-refractivity contribution in [3.8, 4) is 0 Å². The molecule has 1 N–H and O–H groups in total. The number of rotatable bonds is 4. The topological polar surface area (TPSA) is 70.0 Å². The average molecular weight is 345 g/mol. The second-order valence-corrected chi connectivity index (χ2v) is 7.12. The molecule has 102 valence electrons.